The second-order valence-electron chi connectivity index (χ2n) is 3.60. The molecule has 0 spiro atoms. The van der Waals surface area contributed by atoms with Gasteiger partial charge in [0.2, 0.25) is 0 Å². The van der Waals surface area contributed by atoms with Crippen molar-refractivity contribution < 1.29 is 8.83 Å². The first-order valence-electron chi connectivity index (χ1n) is 5.42. The third-order valence-electron chi connectivity index (χ3n) is 2.32. The minimum atomic E-state index is 0.352. The molecule has 18 heavy (non-hydrogen) atoms. The van der Waals surface area contributed by atoms with Crippen LogP contribution in [0.2, 0.25) is 0 Å². The van der Waals surface area contributed by atoms with Crippen molar-refractivity contribution in [1.29, 1.82) is 0 Å². The zero-order valence-corrected chi connectivity index (χ0v) is 9.41. The van der Waals surface area contributed by atoms with Gasteiger partial charge in [-0.3, -0.25) is 4.98 Å². The van der Waals surface area contributed by atoms with Crippen LogP contribution >= 0.6 is 0 Å². The van der Waals surface area contributed by atoms with Gasteiger partial charge >= 0.3 is 6.01 Å². The van der Waals surface area contributed by atoms with Gasteiger partial charge in [-0.2, -0.15) is 0 Å². The van der Waals surface area contributed by atoms with Crippen LogP contribution in [0.4, 0.5) is 6.01 Å². The molecule has 0 saturated carbocycles. The van der Waals surface area contributed by atoms with Crippen LogP contribution in [-0.4, -0.2) is 15.2 Å². The van der Waals surface area contributed by atoms with Crippen LogP contribution in [0, 0.1) is 0 Å². The quantitative estimate of drug-likeness (QED) is 0.756. The fourth-order valence-corrected chi connectivity index (χ4v) is 1.47. The average Bonchev–Trinajstić information content (AvgIpc) is 3.08. The highest BCUT2D eigenvalue weighted by Crippen LogP contribution is 2.19. The number of furan rings is 1. The molecule has 0 aliphatic carbocycles. The Bertz CT molecular complexity index is 604. The smallest absolute Gasteiger partial charge is 0.316 e. The van der Waals surface area contributed by atoms with Gasteiger partial charge in [0.05, 0.1) is 6.26 Å². The predicted octanol–water partition coefficient (Wildman–Crippen LogP) is 2.34. The summed E-state index contributed by atoms with van der Waals surface area (Å²) in [5, 5.41) is 10.8. The first kappa shape index (κ1) is 10.5. The lowest BCUT2D eigenvalue weighted by atomic mass is 10.3. The zero-order chi connectivity index (χ0) is 12.2. The highest BCUT2D eigenvalue weighted by atomic mass is 16.4. The molecule has 0 atom stereocenters. The molecule has 3 aromatic rings. The average molecular weight is 242 g/mol. The summed E-state index contributed by atoms with van der Waals surface area (Å²) >= 11 is 0. The molecule has 3 heterocycles. The first-order chi connectivity index (χ1) is 8.92. The van der Waals surface area contributed by atoms with Crippen molar-refractivity contribution in [2.75, 3.05) is 5.32 Å². The summed E-state index contributed by atoms with van der Waals surface area (Å²) in [6.07, 6.45) is 5.06. The number of hydrogen-bond donors (Lipinski definition) is 1. The Hall–Kier alpha value is -2.63. The molecule has 3 aromatic heterocycles. The molecule has 0 aromatic carbocycles. The lowest BCUT2D eigenvalue weighted by molar-refractivity contribution is 0.522. The Labute approximate surface area is 103 Å². The summed E-state index contributed by atoms with van der Waals surface area (Å²) in [4.78, 5) is 4.02. The van der Waals surface area contributed by atoms with E-state index in [1.54, 1.807) is 30.8 Å². The van der Waals surface area contributed by atoms with Crippen LogP contribution < -0.4 is 5.32 Å². The van der Waals surface area contributed by atoms with Gasteiger partial charge in [-0.05, 0) is 23.8 Å². The van der Waals surface area contributed by atoms with Gasteiger partial charge in [-0.15, -0.1) is 5.10 Å². The molecule has 1 N–H and O–H groups in total. The lowest BCUT2D eigenvalue weighted by Gasteiger charge is -1.99. The van der Waals surface area contributed by atoms with E-state index in [1.165, 1.54) is 0 Å². The number of rotatable bonds is 4. The Morgan fingerprint density at radius 1 is 1.17 bits per heavy atom. The Kier molecular flexibility index (Phi) is 2.75. The highest BCUT2D eigenvalue weighted by Gasteiger charge is 2.10. The van der Waals surface area contributed by atoms with Gasteiger partial charge in [-0.1, -0.05) is 11.2 Å². The molecule has 0 aliphatic heterocycles. The van der Waals surface area contributed by atoms with Crippen LogP contribution in [0.15, 0.2) is 51.8 Å². The van der Waals surface area contributed by atoms with E-state index >= 15 is 0 Å². The molecule has 3 rings (SSSR count). The third-order valence-corrected chi connectivity index (χ3v) is 2.32. The summed E-state index contributed by atoms with van der Waals surface area (Å²) in [5.74, 6) is 0.908. The van der Waals surface area contributed by atoms with E-state index in [4.69, 9.17) is 8.83 Å². The highest BCUT2D eigenvalue weighted by molar-refractivity contribution is 5.44. The fourth-order valence-electron chi connectivity index (χ4n) is 1.47. The molecule has 0 aliphatic rings. The topological polar surface area (TPSA) is 77.0 Å². The van der Waals surface area contributed by atoms with Crippen molar-refractivity contribution in [3.63, 3.8) is 0 Å². The van der Waals surface area contributed by atoms with E-state index in [1.807, 2.05) is 12.1 Å². The third kappa shape index (κ3) is 2.22. The van der Waals surface area contributed by atoms with E-state index < -0.39 is 0 Å². The summed E-state index contributed by atoms with van der Waals surface area (Å²) in [7, 11) is 0. The first-order valence-corrected chi connectivity index (χ1v) is 5.42. The van der Waals surface area contributed by atoms with E-state index in [9.17, 15) is 0 Å². The van der Waals surface area contributed by atoms with Gasteiger partial charge in [0, 0.05) is 18.9 Å². The molecular formula is C12H10N4O2. The van der Waals surface area contributed by atoms with E-state index in [0.717, 1.165) is 5.56 Å². The van der Waals surface area contributed by atoms with Crippen LogP contribution in [-0.2, 0) is 6.54 Å². The standard InChI is InChI=1S/C12H10N4O2/c1-3-9(7-13-5-1)8-14-12-16-15-11(18-12)10-4-2-6-17-10/h1-7H,8H2,(H,14,16). The zero-order valence-electron chi connectivity index (χ0n) is 9.41. The van der Waals surface area contributed by atoms with Crippen LogP contribution in [0.5, 0.6) is 0 Å². The summed E-state index contributed by atoms with van der Waals surface area (Å²) in [5.41, 5.74) is 1.04. The molecule has 0 bridgehead atoms. The Morgan fingerprint density at radius 2 is 2.17 bits per heavy atom. The minimum Gasteiger partial charge on any atom is -0.459 e. The van der Waals surface area contributed by atoms with Crippen molar-refractivity contribution in [2.45, 2.75) is 6.54 Å². The number of nitrogens with one attached hydrogen (secondary N) is 1. The monoisotopic (exact) mass is 242 g/mol. The van der Waals surface area contributed by atoms with Crippen LogP contribution in [0.1, 0.15) is 5.56 Å². The van der Waals surface area contributed by atoms with Crippen molar-refractivity contribution in [3.05, 3.63) is 48.5 Å². The summed E-state index contributed by atoms with van der Waals surface area (Å²) in [6, 6.07) is 7.72. The van der Waals surface area contributed by atoms with Crippen molar-refractivity contribution in [2.24, 2.45) is 0 Å². The molecular weight excluding hydrogens is 232 g/mol. The second kappa shape index (κ2) is 4.70. The molecule has 0 unspecified atom stereocenters. The molecule has 0 saturated heterocycles. The molecule has 0 fully saturated rings. The second-order valence-corrected chi connectivity index (χ2v) is 3.60. The van der Waals surface area contributed by atoms with Crippen molar-refractivity contribution in [3.8, 4) is 11.7 Å². The Morgan fingerprint density at radius 3 is 2.94 bits per heavy atom. The number of anilines is 1. The maximum atomic E-state index is 5.40. The largest absolute Gasteiger partial charge is 0.459 e. The maximum Gasteiger partial charge on any atom is 0.316 e. The van der Waals surface area contributed by atoms with Crippen molar-refractivity contribution in [1.82, 2.24) is 15.2 Å². The number of nitrogens with zero attached hydrogens (tertiary/aromatic N) is 3. The van der Waals surface area contributed by atoms with E-state index in [-0.39, 0.29) is 0 Å². The van der Waals surface area contributed by atoms with Gasteiger partial charge in [0.1, 0.15) is 0 Å². The summed E-state index contributed by atoms with van der Waals surface area (Å²) < 4.78 is 10.6. The maximum absolute atomic E-state index is 5.40. The lowest BCUT2D eigenvalue weighted by Crippen LogP contribution is -1.99. The van der Waals surface area contributed by atoms with Gasteiger partial charge in [0.15, 0.2) is 5.76 Å². The van der Waals surface area contributed by atoms with Crippen LogP contribution in [0.3, 0.4) is 0 Å². The molecule has 6 nitrogen and oxygen atoms in total. The van der Waals surface area contributed by atoms with Gasteiger partial charge < -0.3 is 14.2 Å². The normalized spacial score (nSPS) is 10.4. The predicted molar refractivity (Wildman–Crippen MR) is 63.6 cm³/mol. The van der Waals surface area contributed by atoms with Crippen molar-refractivity contribution >= 4 is 6.01 Å². The summed E-state index contributed by atoms with van der Waals surface area (Å²) in [6.45, 7) is 0.577. The molecule has 6 heteroatoms. The molecule has 0 radical (unpaired) electrons. The van der Waals surface area contributed by atoms with Gasteiger partial charge in [0.25, 0.3) is 5.89 Å². The van der Waals surface area contributed by atoms with Crippen LogP contribution in [0.25, 0.3) is 11.7 Å². The Balaban J connectivity index is 1.68. The van der Waals surface area contributed by atoms with Gasteiger partial charge in [-0.25, -0.2) is 0 Å². The van der Waals surface area contributed by atoms with E-state index in [0.29, 0.717) is 24.2 Å². The number of pyridine rings is 1. The van der Waals surface area contributed by atoms with E-state index in [2.05, 4.69) is 20.5 Å². The number of hydrogen-bond acceptors (Lipinski definition) is 6. The molecule has 0 amide bonds. The fraction of sp³-hybridized carbons (Fsp3) is 0.0833. The molecule has 90 valence electrons. The number of aromatic nitrogens is 3. The SMILES string of the molecule is c1cncc(CNc2nnc(-c3ccco3)o2)c1. The minimum absolute atomic E-state index is 0.352.